The summed E-state index contributed by atoms with van der Waals surface area (Å²) in [5.41, 5.74) is -0.187. The van der Waals surface area contributed by atoms with Crippen LogP contribution >= 0.6 is 0 Å². The molecule has 0 aliphatic carbocycles. The Hall–Kier alpha value is -3.52. The van der Waals surface area contributed by atoms with Gasteiger partial charge in [0.15, 0.2) is 5.82 Å². The molecule has 3 heterocycles. The molecule has 1 saturated heterocycles. The van der Waals surface area contributed by atoms with E-state index in [-0.39, 0.29) is 42.3 Å². The minimum absolute atomic E-state index is 0.0665. The summed E-state index contributed by atoms with van der Waals surface area (Å²) >= 11 is 0. The minimum atomic E-state index is -4.55. The molecule has 0 atom stereocenters. The first kappa shape index (κ1) is 24.6. The molecule has 0 bridgehead atoms. The average molecular weight is 510 g/mol. The number of carbonyl (C=O) groups is 1. The average Bonchev–Trinajstić information content (AvgIpc) is 3.26. The molecule has 0 saturated carbocycles. The van der Waals surface area contributed by atoms with Crippen molar-refractivity contribution in [3.8, 4) is 11.4 Å². The van der Waals surface area contributed by atoms with Gasteiger partial charge in [0.25, 0.3) is 0 Å². The second-order valence-electron chi connectivity index (χ2n) is 8.04. The molecule has 1 N–H and O–H groups in total. The molecule has 1 aromatic carbocycles. The van der Waals surface area contributed by atoms with Gasteiger partial charge in [-0.05, 0) is 17.7 Å². The van der Waals surface area contributed by atoms with E-state index in [1.54, 1.807) is 12.1 Å². The third-order valence-electron chi connectivity index (χ3n) is 5.36. The molecule has 0 radical (unpaired) electrons. The van der Waals surface area contributed by atoms with E-state index in [9.17, 15) is 26.4 Å². The van der Waals surface area contributed by atoms with Gasteiger partial charge in [-0.2, -0.15) is 23.0 Å². The highest BCUT2D eigenvalue weighted by Crippen LogP contribution is 2.35. The highest BCUT2D eigenvalue weighted by atomic mass is 32.2. The number of nitrogens with one attached hydrogen (secondary N) is 1. The number of hydrogen-bond acceptors (Lipinski definition) is 7. The maximum absolute atomic E-state index is 13.8. The van der Waals surface area contributed by atoms with Crippen molar-refractivity contribution in [1.29, 1.82) is 0 Å². The zero-order valence-corrected chi connectivity index (χ0v) is 19.4. The Morgan fingerprint density at radius 1 is 1.11 bits per heavy atom. The van der Waals surface area contributed by atoms with Gasteiger partial charge in [-0.3, -0.25) is 9.62 Å². The monoisotopic (exact) mass is 509 g/mol. The third kappa shape index (κ3) is 6.14. The number of piperazine rings is 1. The van der Waals surface area contributed by atoms with E-state index in [1.165, 1.54) is 35.8 Å². The lowest BCUT2D eigenvalue weighted by molar-refractivity contribution is -0.138. The fraction of sp³-hybridized carbons (Fsp3) is 0.333. The van der Waals surface area contributed by atoms with Crippen LogP contribution in [0.5, 0.6) is 0 Å². The zero-order chi connectivity index (χ0) is 25.2. The molecule has 1 aliphatic heterocycles. The molecule has 35 heavy (non-hydrogen) atoms. The van der Waals surface area contributed by atoms with Gasteiger partial charge in [0.1, 0.15) is 0 Å². The fourth-order valence-electron chi connectivity index (χ4n) is 3.74. The number of aromatic nitrogens is 4. The summed E-state index contributed by atoms with van der Waals surface area (Å²) in [5, 5.41) is 3.88. The van der Waals surface area contributed by atoms with Gasteiger partial charge in [0.2, 0.25) is 10.0 Å². The van der Waals surface area contributed by atoms with Crippen LogP contribution in [-0.4, -0.2) is 76.4 Å². The summed E-state index contributed by atoms with van der Waals surface area (Å²) in [7, 11) is -3.51. The Kier molecular flexibility index (Phi) is 6.76. The van der Waals surface area contributed by atoms with E-state index in [0.29, 0.717) is 13.1 Å². The Morgan fingerprint density at radius 3 is 2.43 bits per heavy atom. The van der Waals surface area contributed by atoms with Crippen LogP contribution in [-0.2, 0) is 22.7 Å². The van der Waals surface area contributed by atoms with Crippen molar-refractivity contribution in [3.05, 3.63) is 60.2 Å². The molecule has 2 aromatic heterocycles. The number of anilines is 1. The molecular formula is C21H22F3N7O3S. The van der Waals surface area contributed by atoms with Gasteiger partial charge < -0.3 is 4.90 Å². The number of sulfonamides is 1. The number of hydrogen-bond donors (Lipinski definition) is 1. The van der Waals surface area contributed by atoms with Crippen LogP contribution < -0.4 is 4.72 Å². The normalized spacial score (nSPS) is 15.3. The predicted molar refractivity (Wildman–Crippen MR) is 121 cm³/mol. The molecule has 4 rings (SSSR count). The number of amides is 1. The second kappa shape index (κ2) is 9.62. The number of rotatable bonds is 5. The first-order valence-electron chi connectivity index (χ1n) is 10.5. The summed E-state index contributed by atoms with van der Waals surface area (Å²) in [6.07, 6.45) is 1.86. The van der Waals surface area contributed by atoms with Crippen LogP contribution in [0, 0.1) is 0 Å². The van der Waals surface area contributed by atoms with Gasteiger partial charge in [-0.25, -0.2) is 23.2 Å². The lowest BCUT2D eigenvalue weighted by atomic mass is 10.0. The Bertz CT molecular complexity index is 1310. The van der Waals surface area contributed by atoms with E-state index in [4.69, 9.17) is 0 Å². The molecule has 1 fully saturated rings. The quantitative estimate of drug-likeness (QED) is 0.562. The predicted octanol–water partition coefficient (Wildman–Crippen LogP) is 2.52. The zero-order valence-electron chi connectivity index (χ0n) is 18.6. The van der Waals surface area contributed by atoms with Crippen molar-refractivity contribution < 1.29 is 26.4 Å². The minimum Gasteiger partial charge on any atom is -0.320 e. The first-order valence-corrected chi connectivity index (χ1v) is 12.4. The van der Waals surface area contributed by atoms with Crippen molar-refractivity contribution in [2.24, 2.45) is 0 Å². The van der Waals surface area contributed by atoms with E-state index >= 15 is 0 Å². The van der Waals surface area contributed by atoms with Gasteiger partial charge in [0.05, 0.1) is 29.9 Å². The van der Waals surface area contributed by atoms with E-state index < -0.39 is 27.8 Å². The molecule has 3 aromatic rings. The molecule has 0 unspecified atom stereocenters. The third-order valence-corrected chi connectivity index (χ3v) is 5.96. The topological polar surface area (TPSA) is 113 Å². The van der Waals surface area contributed by atoms with Crippen LogP contribution in [0.4, 0.5) is 23.7 Å². The van der Waals surface area contributed by atoms with E-state index in [1.807, 2.05) is 4.90 Å². The molecule has 10 nitrogen and oxygen atoms in total. The lowest BCUT2D eigenvalue weighted by Gasteiger charge is -2.34. The highest BCUT2D eigenvalue weighted by molar-refractivity contribution is 7.92. The van der Waals surface area contributed by atoms with Crippen molar-refractivity contribution in [3.63, 3.8) is 0 Å². The molecule has 186 valence electrons. The lowest BCUT2D eigenvalue weighted by Crippen LogP contribution is -2.49. The van der Waals surface area contributed by atoms with Crippen molar-refractivity contribution in [2.45, 2.75) is 12.7 Å². The summed E-state index contributed by atoms with van der Waals surface area (Å²) in [5.74, 6) is 0.213. The number of alkyl halides is 3. The van der Waals surface area contributed by atoms with Crippen LogP contribution in [0.25, 0.3) is 11.4 Å². The van der Waals surface area contributed by atoms with Gasteiger partial charge >= 0.3 is 12.2 Å². The van der Waals surface area contributed by atoms with Crippen molar-refractivity contribution >= 4 is 21.7 Å². The maximum Gasteiger partial charge on any atom is 0.416 e. The smallest absolute Gasteiger partial charge is 0.320 e. The number of halogens is 3. The molecule has 0 spiro atoms. The SMILES string of the molecule is CS(=O)(=O)Nc1cnn(C(=O)N2CCN(Cc3ccc(-c4ncccn4)cc3C(F)(F)F)CC2)c1. The largest absolute Gasteiger partial charge is 0.416 e. The second-order valence-corrected chi connectivity index (χ2v) is 9.78. The summed E-state index contributed by atoms with van der Waals surface area (Å²) < 4.78 is 67.3. The standard InChI is InChI=1S/C21H22F3N7O3S/c1-35(33,34)28-17-12-27-31(14-17)20(32)30-9-7-29(8-10-30)13-16-4-3-15(11-18(16)21(22,23)24)19-25-5-2-6-26-19/h2-6,11-12,14,28H,7-10,13H2,1H3. The summed E-state index contributed by atoms with van der Waals surface area (Å²) in [4.78, 5) is 24.1. The summed E-state index contributed by atoms with van der Waals surface area (Å²) in [6.45, 7) is 1.36. The number of carbonyl (C=O) groups excluding carboxylic acids is 1. The van der Waals surface area contributed by atoms with Crippen molar-refractivity contribution in [2.75, 3.05) is 37.2 Å². The Labute approximate surface area is 199 Å². The fourth-order valence-corrected chi connectivity index (χ4v) is 4.28. The van der Waals surface area contributed by atoms with Crippen molar-refractivity contribution in [1.82, 2.24) is 29.5 Å². The molecule has 1 aliphatic rings. The van der Waals surface area contributed by atoms with Crippen LogP contribution in [0.1, 0.15) is 11.1 Å². The summed E-state index contributed by atoms with van der Waals surface area (Å²) in [6, 6.07) is 5.20. The highest BCUT2D eigenvalue weighted by Gasteiger charge is 2.34. The maximum atomic E-state index is 13.8. The molecular weight excluding hydrogens is 487 g/mol. The molecule has 14 heteroatoms. The van der Waals surface area contributed by atoms with Crippen LogP contribution in [0.3, 0.4) is 0 Å². The van der Waals surface area contributed by atoms with Gasteiger partial charge in [-0.15, -0.1) is 0 Å². The van der Waals surface area contributed by atoms with E-state index in [0.717, 1.165) is 17.0 Å². The number of benzene rings is 1. The Balaban J connectivity index is 1.42. The van der Waals surface area contributed by atoms with E-state index in [2.05, 4.69) is 19.8 Å². The molecule has 1 amide bonds. The van der Waals surface area contributed by atoms with Gasteiger partial charge in [-0.1, -0.05) is 12.1 Å². The number of nitrogens with zero attached hydrogens (tertiary/aromatic N) is 6. The Morgan fingerprint density at radius 2 is 1.80 bits per heavy atom. The first-order chi connectivity index (χ1) is 16.5. The van der Waals surface area contributed by atoms with Crippen LogP contribution in [0.2, 0.25) is 0 Å². The van der Waals surface area contributed by atoms with Gasteiger partial charge in [0, 0.05) is 50.7 Å². The van der Waals surface area contributed by atoms with Crippen LogP contribution in [0.15, 0.2) is 49.1 Å².